The first-order valence-electron chi connectivity index (χ1n) is 9.05. The maximum absolute atomic E-state index is 13.2. The molecule has 0 saturated carbocycles. The highest BCUT2D eigenvalue weighted by molar-refractivity contribution is 7.92. The van der Waals surface area contributed by atoms with Gasteiger partial charge in [-0.25, -0.2) is 12.8 Å². The van der Waals surface area contributed by atoms with Gasteiger partial charge < -0.3 is 5.32 Å². The molecule has 0 saturated heterocycles. The maximum Gasteiger partial charge on any atom is 0.244 e. The number of nitrogens with zero attached hydrogens (tertiary/aromatic N) is 1. The minimum absolute atomic E-state index is 0.238. The number of halogens is 1. The predicted octanol–water partition coefficient (Wildman–Crippen LogP) is 3.78. The van der Waals surface area contributed by atoms with Gasteiger partial charge in [0.15, 0.2) is 0 Å². The van der Waals surface area contributed by atoms with Crippen molar-refractivity contribution in [1.29, 1.82) is 0 Å². The Morgan fingerprint density at radius 3 is 2.07 bits per heavy atom. The average molecular weight is 407 g/mol. The fourth-order valence-corrected chi connectivity index (χ4v) is 4.43. The van der Waals surface area contributed by atoms with Gasteiger partial charge in [0.05, 0.1) is 18.0 Å². The zero-order valence-corrected chi connectivity index (χ0v) is 17.9. The molecule has 1 N–H and O–H groups in total. The SMILES string of the molecule is Cc1cc(C)c([C@H](C)NC(=O)[C@H](C)N(c2ccc(F)cc2)S(C)(=O)=O)cc1C. The average Bonchev–Trinajstić information content (AvgIpc) is 2.58. The van der Waals surface area contributed by atoms with Crippen molar-refractivity contribution in [2.45, 2.75) is 46.7 Å². The molecule has 0 radical (unpaired) electrons. The normalized spacial score (nSPS) is 13.7. The Balaban J connectivity index is 2.28. The van der Waals surface area contributed by atoms with E-state index < -0.39 is 27.8 Å². The third-order valence-electron chi connectivity index (χ3n) is 4.88. The number of carbonyl (C=O) groups is 1. The Morgan fingerprint density at radius 1 is 1.00 bits per heavy atom. The van der Waals surface area contributed by atoms with Gasteiger partial charge in [-0.1, -0.05) is 12.1 Å². The van der Waals surface area contributed by atoms with E-state index in [0.717, 1.165) is 27.3 Å². The largest absolute Gasteiger partial charge is 0.348 e. The molecule has 2 atom stereocenters. The molecule has 7 heteroatoms. The summed E-state index contributed by atoms with van der Waals surface area (Å²) < 4.78 is 38.8. The zero-order chi connectivity index (χ0) is 21.2. The van der Waals surface area contributed by atoms with E-state index in [4.69, 9.17) is 0 Å². The highest BCUT2D eigenvalue weighted by Crippen LogP contribution is 2.24. The molecular formula is C21H27FN2O3S. The Hall–Kier alpha value is -2.41. The second-order valence-electron chi connectivity index (χ2n) is 7.23. The number of sulfonamides is 1. The fraction of sp³-hybridized carbons (Fsp3) is 0.381. The van der Waals surface area contributed by atoms with E-state index in [1.165, 1.54) is 36.8 Å². The first kappa shape index (κ1) is 21.9. The number of hydrogen-bond donors (Lipinski definition) is 1. The Morgan fingerprint density at radius 2 is 1.54 bits per heavy atom. The molecule has 2 rings (SSSR count). The first-order valence-corrected chi connectivity index (χ1v) is 10.9. The van der Waals surface area contributed by atoms with Crippen molar-refractivity contribution in [2.24, 2.45) is 0 Å². The van der Waals surface area contributed by atoms with Crippen LogP contribution in [0, 0.1) is 26.6 Å². The summed E-state index contributed by atoms with van der Waals surface area (Å²) in [6, 6.07) is 7.85. The molecule has 0 heterocycles. The van der Waals surface area contributed by atoms with E-state index in [2.05, 4.69) is 11.4 Å². The number of anilines is 1. The maximum atomic E-state index is 13.2. The van der Waals surface area contributed by atoms with Gasteiger partial charge in [0.2, 0.25) is 15.9 Å². The summed E-state index contributed by atoms with van der Waals surface area (Å²) in [5.74, 6) is -0.909. The van der Waals surface area contributed by atoms with Gasteiger partial charge in [0, 0.05) is 0 Å². The Kier molecular flexibility index (Phi) is 6.49. The van der Waals surface area contributed by atoms with E-state index in [9.17, 15) is 17.6 Å². The number of rotatable bonds is 6. The summed E-state index contributed by atoms with van der Waals surface area (Å²) in [6.07, 6.45) is 1.02. The summed E-state index contributed by atoms with van der Waals surface area (Å²) in [5.41, 5.74) is 4.58. The molecule has 28 heavy (non-hydrogen) atoms. The molecule has 1 amide bonds. The molecule has 0 aliphatic carbocycles. The van der Waals surface area contributed by atoms with Crippen molar-refractivity contribution in [3.8, 4) is 0 Å². The van der Waals surface area contributed by atoms with Crippen molar-refractivity contribution in [2.75, 3.05) is 10.6 Å². The van der Waals surface area contributed by atoms with E-state index in [-0.39, 0.29) is 11.7 Å². The molecule has 0 spiro atoms. The highest BCUT2D eigenvalue weighted by atomic mass is 32.2. The summed E-state index contributed by atoms with van der Waals surface area (Å²) >= 11 is 0. The van der Waals surface area contributed by atoms with Crippen LogP contribution in [0.2, 0.25) is 0 Å². The Bertz CT molecular complexity index is 972. The standard InChI is InChI=1S/C21H27FN2O3S/c1-13-11-15(3)20(12-14(13)2)16(4)23-21(25)17(5)24(28(6,26)27)19-9-7-18(22)8-10-19/h7-12,16-17H,1-6H3,(H,23,25)/t16-,17-/m0/s1. The highest BCUT2D eigenvalue weighted by Gasteiger charge is 2.30. The second kappa shape index (κ2) is 8.31. The lowest BCUT2D eigenvalue weighted by Crippen LogP contribution is -2.48. The van der Waals surface area contributed by atoms with Crippen LogP contribution in [0.3, 0.4) is 0 Å². The van der Waals surface area contributed by atoms with Crippen LogP contribution in [0.4, 0.5) is 10.1 Å². The topological polar surface area (TPSA) is 66.5 Å². The molecular weight excluding hydrogens is 379 g/mol. The van der Waals surface area contributed by atoms with Gasteiger partial charge in [-0.2, -0.15) is 0 Å². The fourth-order valence-electron chi connectivity index (χ4n) is 3.26. The van der Waals surface area contributed by atoms with Crippen LogP contribution in [0.1, 0.15) is 42.1 Å². The van der Waals surface area contributed by atoms with Crippen molar-refractivity contribution in [3.05, 3.63) is 64.5 Å². The molecule has 5 nitrogen and oxygen atoms in total. The minimum Gasteiger partial charge on any atom is -0.348 e. The van der Waals surface area contributed by atoms with Crippen LogP contribution in [-0.2, 0) is 14.8 Å². The number of nitrogens with one attached hydrogen (secondary N) is 1. The van der Waals surface area contributed by atoms with Crippen molar-refractivity contribution >= 4 is 21.6 Å². The lowest BCUT2D eigenvalue weighted by Gasteiger charge is -2.29. The molecule has 0 aliphatic heterocycles. The van der Waals surface area contributed by atoms with E-state index >= 15 is 0 Å². The van der Waals surface area contributed by atoms with Gasteiger partial charge >= 0.3 is 0 Å². The van der Waals surface area contributed by atoms with Crippen molar-refractivity contribution in [1.82, 2.24) is 5.32 Å². The van der Waals surface area contributed by atoms with Crippen LogP contribution in [-0.4, -0.2) is 26.6 Å². The minimum atomic E-state index is -3.75. The van der Waals surface area contributed by atoms with E-state index in [0.29, 0.717) is 0 Å². The van der Waals surface area contributed by atoms with Crippen LogP contribution >= 0.6 is 0 Å². The zero-order valence-electron chi connectivity index (χ0n) is 17.1. The lowest BCUT2D eigenvalue weighted by molar-refractivity contribution is -0.122. The van der Waals surface area contributed by atoms with Gasteiger partial charge in [-0.05, 0) is 81.1 Å². The summed E-state index contributed by atoms with van der Waals surface area (Å²) in [6.45, 7) is 9.40. The third-order valence-corrected chi connectivity index (χ3v) is 6.12. The number of amides is 1. The van der Waals surface area contributed by atoms with Gasteiger partial charge in [0.1, 0.15) is 11.9 Å². The van der Waals surface area contributed by atoms with Crippen LogP contribution in [0.15, 0.2) is 36.4 Å². The molecule has 152 valence electrons. The molecule has 2 aromatic carbocycles. The van der Waals surface area contributed by atoms with Gasteiger partial charge in [0.25, 0.3) is 0 Å². The number of hydrogen-bond acceptors (Lipinski definition) is 3. The van der Waals surface area contributed by atoms with Crippen molar-refractivity contribution < 1.29 is 17.6 Å². The third kappa shape index (κ3) is 4.90. The van der Waals surface area contributed by atoms with Crippen LogP contribution in [0.25, 0.3) is 0 Å². The quantitative estimate of drug-likeness (QED) is 0.794. The van der Waals surface area contributed by atoms with E-state index in [1.54, 1.807) is 0 Å². The molecule has 0 aromatic heterocycles. The molecule has 0 unspecified atom stereocenters. The molecule has 2 aromatic rings. The second-order valence-corrected chi connectivity index (χ2v) is 9.09. The molecule has 0 aliphatic rings. The first-order chi connectivity index (χ1) is 12.9. The van der Waals surface area contributed by atoms with E-state index in [1.807, 2.05) is 33.8 Å². The number of carbonyl (C=O) groups excluding carboxylic acids is 1. The monoisotopic (exact) mass is 406 g/mol. The Labute approximate surface area is 166 Å². The summed E-state index contributed by atoms with van der Waals surface area (Å²) in [7, 11) is -3.75. The summed E-state index contributed by atoms with van der Waals surface area (Å²) in [4.78, 5) is 12.8. The van der Waals surface area contributed by atoms with Crippen molar-refractivity contribution in [3.63, 3.8) is 0 Å². The predicted molar refractivity (Wildman–Crippen MR) is 110 cm³/mol. The van der Waals surface area contributed by atoms with Gasteiger partial charge in [-0.15, -0.1) is 0 Å². The lowest BCUT2D eigenvalue weighted by atomic mass is 9.96. The van der Waals surface area contributed by atoms with Gasteiger partial charge in [-0.3, -0.25) is 9.10 Å². The smallest absolute Gasteiger partial charge is 0.244 e. The molecule has 0 bridgehead atoms. The van der Waals surface area contributed by atoms with Crippen LogP contribution < -0.4 is 9.62 Å². The number of benzene rings is 2. The van der Waals surface area contributed by atoms with Crippen LogP contribution in [0.5, 0.6) is 0 Å². The summed E-state index contributed by atoms with van der Waals surface area (Å²) in [5, 5.41) is 2.90. The molecule has 0 fully saturated rings. The number of aryl methyl sites for hydroxylation is 3.